The molecule has 2 unspecified atom stereocenters. The molecule has 1 N–H and O–H groups in total. The summed E-state index contributed by atoms with van der Waals surface area (Å²) in [5.74, 6) is 1.28. The Kier molecular flexibility index (Phi) is 5.88. The van der Waals surface area contributed by atoms with Gasteiger partial charge in [-0.05, 0) is 38.0 Å². The smallest absolute Gasteiger partial charge is 0.00776 e. The number of hydrogen-bond donors (Lipinski definition) is 1. The van der Waals surface area contributed by atoms with E-state index in [4.69, 9.17) is 0 Å². The molecule has 78 valence electrons. The normalized spacial score (nSPS) is 29.1. The van der Waals surface area contributed by atoms with Crippen LogP contribution >= 0.6 is 11.8 Å². The summed E-state index contributed by atoms with van der Waals surface area (Å²) in [6, 6.07) is 0.817. The van der Waals surface area contributed by atoms with Crippen molar-refractivity contribution < 1.29 is 0 Å². The van der Waals surface area contributed by atoms with Crippen LogP contribution in [0.4, 0.5) is 0 Å². The number of nitrogens with one attached hydrogen (secondary N) is 1. The molecule has 2 heteroatoms. The Balaban J connectivity index is 2.16. The lowest BCUT2D eigenvalue weighted by molar-refractivity contribution is 0.381. The van der Waals surface area contributed by atoms with Crippen LogP contribution in [-0.2, 0) is 0 Å². The minimum atomic E-state index is 0.817. The maximum atomic E-state index is 3.65. The predicted molar refractivity (Wildman–Crippen MR) is 62.5 cm³/mol. The van der Waals surface area contributed by atoms with Crippen LogP contribution in [0, 0.1) is 0 Å². The van der Waals surface area contributed by atoms with Gasteiger partial charge in [0.1, 0.15) is 0 Å². The Morgan fingerprint density at radius 2 is 2.15 bits per heavy atom. The summed E-state index contributed by atoms with van der Waals surface area (Å²) in [5, 5.41) is 4.58. The maximum Gasteiger partial charge on any atom is 0.00776 e. The van der Waals surface area contributed by atoms with Crippen molar-refractivity contribution in [2.45, 2.75) is 57.2 Å². The Morgan fingerprint density at radius 1 is 1.31 bits per heavy atom. The van der Waals surface area contributed by atoms with Crippen LogP contribution in [0.15, 0.2) is 0 Å². The van der Waals surface area contributed by atoms with Gasteiger partial charge in [0.2, 0.25) is 0 Å². The van der Waals surface area contributed by atoms with Gasteiger partial charge in [0.15, 0.2) is 0 Å². The molecular weight excluding hydrogens is 178 g/mol. The van der Waals surface area contributed by atoms with Crippen LogP contribution in [0.3, 0.4) is 0 Å². The molecule has 13 heavy (non-hydrogen) atoms. The van der Waals surface area contributed by atoms with E-state index in [9.17, 15) is 0 Å². The summed E-state index contributed by atoms with van der Waals surface area (Å²) >= 11 is 2.15. The van der Waals surface area contributed by atoms with E-state index in [1.54, 1.807) is 0 Å². The van der Waals surface area contributed by atoms with Gasteiger partial charge in [-0.3, -0.25) is 0 Å². The molecule has 1 rings (SSSR count). The fourth-order valence-electron chi connectivity index (χ4n) is 2.07. The molecule has 0 heterocycles. The fourth-order valence-corrected chi connectivity index (χ4v) is 3.24. The third-order valence-corrected chi connectivity index (χ3v) is 3.94. The highest BCUT2D eigenvalue weighted by Gasteiger charge is 2.20. The number of thioether (sulfide) groups is 1. The summed E-state index contributed by atoms with van der Waals surface area (Å²) in [6.45, 7) is 5.72. The van der Waals surface area contributed by atoms with E-state index in [0.29, 0.717) is 0 Å². The molecule has 1 nitrogen and oxygen atoms in total. The molecule has 0 bridgehead atoms. The van der Waals surface area contributed by atoms with Gasteiger partial charge >= 0.3 is 0 Å². The number of rotatable bonds is 5. The summed E-state index contributed by atoms with van der Waals surface area (Å²) < 4.78 is 0. The van der Waals surface area contributed by atoms with Gasteiger partial charge in [0.25, 0.3) is 0 Å². The molecule has 1 aliphatic rings. The zero-order chi connectivity index (χ0) is 9.52. The lowest BCUT2D eigenvalue weighted by Crippen LogP contribution is -2.35. The zero-order valence-corrected chi connectivity index (χ0v) is 9.83. The van der Waals surface area contributed by atoms with Gasteiger partial charge in [0.05, 0.1) is 0 Å². The van der Waals surface area contributed by atoms with Gasteiger partial charge in [-0.2, -0.15) is 11.8 Å². The van der Waals surface area contributed by atoms with E-state index in [1.807, 2.05) is 0 Å². The van der Waals surface area contributed by atoms with E-state index in [1.165, 1.54) is 44.4 Å². The molecule has 0 aliphatic heterocycles. The second-order valence-electron chi connectivity index (χ2n) is 3.90. The Morgan fingerprint density at radius 3 is 2.85 bits per heavy atom. The van der Waals surface area contributed by atoms with Gasteiger partial charge < -0.3 is 5.32 Å². The van der Waals surface area contributed by atoms with Crippen LogP contribution in [-0.4, -0.2) is 23.6 Å². The van der Waals surface area contributed by atoms with Crippen molar-refractivity contribution in [3.05, 3.63) is 0 Å². The first-order valence-corrected chi connectivity index (χ1v) is 6.76. The Hall–Kier alpha value is 0.310. The van der Waals surface area contributed by atoms with Gasteiger partial charge in [0, 0.05) is 11.3 Å². The van der Waals surface area contributed by atoms with Crippen molar-refractivity contribution in [3.63, 3.8) is 0 Å². The van der Waals surface area contributed by atoms with Crippen molar-refractivity contribution in [1.82, 2.24) is 5.32 Å². The highest BCUT2D eigenvalue weighted by Crippen LogP contribution is 2.28. The van der Waals surface area contributed by atoms with Crippen molar-refractivity contribution in [2.24, 2.45) is 0 Å². The average Bonchev–Trinajstić information content (AvgIpc) is 2.16. The summed E-state index contributed by atoms with van der Waals surface area (Å²) in [4.78, 5) is 0. The largest absolute Gasteiger partial charge is 0.314 e. The van der Waals surface area contributed by atoms with Gasteiger partial charge in [-0.1, -0.05) is 20.3 Å². The minimum Gasteiger partial charge on any atom is -0.314 e. The van der Waals surface area contributed by atoms with E-state index in [-0.39, 0.29) is 0 Å². The molecule has 1 aliphatic carbocycles. The summed E-state index contributed by atoms with van der Waals surface area (Å²) in [7, 11) is 0. The zero-order valence-electron chi connectivity index (χ0n) is 9.01. The van der Waals surface area contributed by atoms with E-state index < -0.39 is 0 Å². The summed E-state index contributed by atoms with van der Waals surface area (Å²) in [6.07, 6.45) is 6.95. The van der Waals surface area contributed by atoms with Crippen molar-refractivity contribution >= 4 is 11.8 Å². The van der Waals surface area contributed by atoms with E-state index in [0.717, 1.165) is 11.3 Å². The lowest BCUT2D eigenvalue weighted by atomic mass is 9.95. The van der Waals surface area contributed by atoms with Crippen LogP contribution in [0.1, 0.15) is 46.0 Å². The topological polar surface area (TPSA) is 12.0 Å². The van der Waals surface area contributed by atoms with Gasteiger partial charge in [-0.15, -0.1) is 0 Å². The molecule has 1 fully saturated rings. The quantitative estimate of drug-likeness (QED) is 0.734. The molecular formula is C11H23NS. The highest BCUT2D eigenvalue weighted by molar-refractivity contribution is 7.99. The van der Waals surface area contributed by atoms with Crippen LogP contribution < -0.4 is 5.32 Å². The van der Waals surface area contributed by atoms with Crippen molar-refractivity contribution in [1.29, 1.82) is 0 Å². The highest BCUT2D eigenvalue weighted by atomic mass is 32.2. The molecule has 0 aromatic rings. The van der Waals surface area contributed by atoms with Crippen molar-refractivity contribution in [2.75, 3.05) is 12.3 Å². The predicted octanol–water partition coefficient (Wildman–Crippen LogP) is 3.05. The SMILES string of the molecule is CCCNC1CCCC(SCC)C1. The first-order valence-electron chi connectivity index (χ1n) is 5.71. The average molecular weight is 201 g/mol. The first-order chi connectivity index (χ1) is 6.36. The first kappa shape index (κ1) is 11.4. The molecule has 0 aromatic heterocycles. The standard InChI is InChI=1S/C11H23NS/c1-3-8-12-10-6-5-7-11(9-10)13-4-2/h10-12H,3-9H2,1-2H3. The summed E-state index contributed by atoms with van der Waals surface area (Å²) in [5.41, 5.74) is 0. The second-order valence-corrected chi connectivity index (χ2v) is 5.47. The number of hydrogen-bond acceptors (Lipinski definition) is 2. The molecule has 0 saturated heterocycles. The second kappa shape index (κ2) is 6.72. The van der Waals surface area contributed by atoms with Crippen LogP contribution in [0.25, 0.3) is 0 Å². The molecule has 1 saturated carbocycles. The maximum absolute atomic E-state index is 3.65. The molecule has 0 radical (unpaired) electrons. The molecule has 0 aromatic carbocycles. The Labute approximate surface area is 87.1 Å². The van der Waals surface area contributed by atoms with Crippen LogP contribution in [0.5, 0.6) is 0 Å². The monoisotopic (exact) mass is 201 g/mol. The molecule has 0 spiro atoms. The van der Waals surface area contributed by atoms with E-state index >= 15 is 0 Å². The van der Waals surface area contributed by atoms with Crippen molar-refractivity contribution in [3.8, 4) is 0 Å². The van der Waals surface area contributed by atoms with E-state index in [2.05, 4.69) is 30.9 Å². The third-order valence-electron chi connectivity index (χ3n) is 2.71. The van der Waals surface area contributed by atoms with Gasteiger partial charge in [-0.25, -0.2) is 0 Å². The Bertz CT molecular complexity index is 125. The third kappa shape index (κ3) is 4.37. The molecule has 0 amide bonds. The van der Waals surface area contributed by atoms with Crippen LogP contribution in [0.2, 0.25) is 0 Å². The lowest BCUT2D eigenvalue weighted by Gasteiger charge is -2.29. The molecule has 2 atom stereocenters. The minimum absolute atomic E-state index is 0.817. The fraction of sp³-hybridized carbons (Fsp3) is 1.00.